The van der Waals surface area contributed by atoms with Crippen molar-refractivity contribution in [2.45, 2.75) is 39.8 Å². The second-order valence-electron chi connectivity index (χ2n) is 4.12. The zero-order chi connectivity index (χ0) is 11.8. The van der Waals surface area contributed by atoms with Crippen LogP contribution in [0.4, 0.5) is 0 Å². The van der Waals surface area contributed by atoms with Crippen molar-refractivity contribution < 1.29 is 0 Å². The maximum absolute atomic E-state index is 3.20. The molecule has 0 fully saturated rings. The third kappa shape index (κ3) is 4.64. The quantitative estimate of drug-likeness (QED) is 0.751. The van der Waals surface area contributed by atoms with Crippen LogP contribution in [0.1, 0.15) is 36.4 Å². The van der Waals surface area contributed by atoms with Gasteiger partial charge in [-0.1, -0.05) is 20.3 Å². The zero-order valence-electron chi connectivity index (χ0n) is 10.8. The van der Waals surface area contributed by atoms with Crippen molar-refractivity contribution in [1.29, 1.82) is 0 Å². The van der Waals surface area contributed by atoms with Gasteiger partial charge in [0.25, 0.3) is 0 Å². The summed E-state index contributed by atoms with van der Waals surface area (Å²) >= 11 is 1.93. The summed E-state index contributed by atoms with van der Waals surface area (Å²) in [6.07, 6.45) is 2.59. The number of nitrogens with one attached hydrogen (secondary N) is 1. The zero-order valence-corrected chi connectivity index (χ0v) is 11.6. The first kappa shape index (κ1) is 13.7. The van der Waals surface area contributed by atoms with Gasteiger partial charge in [0.15, 0.2) is 0 Å². The Labute approximate surface area is 104 Å². The van der Waals surface area contributed by atoms with Crippen LogP contribution in [0.15, 0.2) is 12.1 Å². The topological polar surface area (TPSA) is 15.3 Å². The van der Waals surface area contributed by atoms with Crippen molar-refractivity contribution in [3.63, 3.8) is 0 Å². The smallest absolute Gasteiger partial charge is 0.0327 e. The highest BCUT2D eigenvalue weighted by molar-refractivity contribution is 7.11. The Kier molecular flexibility index (Phi) is 6.69. The second-order valence-corrected chi connectivity index (χ2v) is 5.37. The van der Waals surface area contributed by atoms with Gasteiger partial charge in [-0.15, -0.1) is 11.3 Å². The van der Waals surface area contributed by atoms with E-state index in [1.165, 1.54) is 29.1 Å². The number of nitrogens with zero attached hydrogens (tertiary/aromatic N) is 1. The first-order chi connectivity index (χ1) is 7.80. The van der Waals surface area contributed by atoms with Crippen LogP contribution in [0.3, 0.4) is 0 Å². The molecule has 0 aromatic carbocycles. The van der Waals surface area contributed by atoms with E-state index in [1.807, 2.05) is 18.4 Å². The molecule has 0 aliphatic carbocycles. The highest BCUT2D eigenvalue weighted by atomic mass is 32.1. The van der Waals surface area contributed by atoms with E-state index in [-0.39, 0.29) is 0 Å². The molecule has 1 rings (SSSR count). The SMILES string of the molecule is CCCCN(CC)Cc1ccc(CNC)s1. The van der Waals surface area contributed by atoms with Gasteiger partial charge in [0, 0.05) is 22.8 Å². The monoisotopic (exact) mass is 240 g/mol. The molecule has 0 unspecified atom stereocenters. The van der Waals surface area contributed by atoms with Crippen LogP contribution >= 0.6 is 11.3 Å². The molecule has 1 aromatic heterocycles. The Hall–Kier alpha value is -0.380. The Balaban J connectivity index is 2.43. The highest BCUT2D eigenvalue weighted by Crippen LogP contribution is 2.18. The summed E-state index contributed by atoms with van der Waals surface area (Å²) in [5.74, 6) is 0. The summed E-state index contributed by atoms with van der Waals surface area (Å²) in [6, 6.07) is 4.51. The van der Waals surface area contributed by atoms with E-state index in [9.17, 15) is 0 Å². The summed E-state index contributed by atoms with van der Waals surface area (Å²) in [4.78, 5) is 5.45. The molecule has 0 spiro atoms. The standard InChI is InChI=1S/C13H24N2S/c1-4-6-9-15(5-2)11-13-8-7-12(16-13)10-14-3/h7-8,14H,4-6,9-11H2,1-3H3. The van der Waals surface area contributed by atoms with Crippen molar-refractivity contribution in [3.05, 3.63) is 21.9 Å². The largest absolute Gasteiger partial charge is 0.315 e. The van der Waals surface area contributed by atoms with E-state index < -0.39 is 0 Å². The maximum atomic E-state index is 3.20. The van der Waals surface area contributed by atoms with Crippen LogP contribution in [-0.4, -0.2) is 25.0 Å². The van der Waals surface area contributed by atoms with Crippen LogP contribution < -0.4 is 5.32 Å². The van der Waals surface area contributed by atoms with Gasteiger partial charge in [-0.05, 0) is 38.7 Å². The van der Waals surface area contributed by atoms with Gasteiger partial charge in [-0.3, -0.25) is 4.90 Å². The minimum atomic E-state index is 0.992. The normalized spacial score (nSPS) is 11.2. The molecule has 0 aliphatic rings. The minimum absolute atomic E-state index is 0.992. The molecule has 2 nitrogen and oxygen atoms in total. The van der Waals surface area contributed by atoms with Crippen molar-refractivity contribution >= 4 is 11.3 Å². The molecule has 0 bridgehead atoms. The predicted molar refractivity (Wildman–Crippen MR) is 72.9 cm³/mol. The van der Waals surface area contributed by atoms with Crippen molar-refractivity contribution in [1.82, 2.24) is 10.2 Å². The average Bonchev–Trinajstić information content (AvgIpc) is 2.72. The lowest BCUT2D eigenvalue weighted by Gasteiger charge is -2.18. The van der Waals surface area contributed by atoms with Crippen LogP contribution in [-0.2, 0) is 13.1 Å². The van der Waals surface area contributed by atoms with Gasteiger partial charge in [0.1, 0.15) is 0 Å². The lowest BCUT2D eigenvalue weighted by atomic mass is 10.3. The van der Waals surface area contributed by atoms with Crippen LogP contribution in [0.25, 0.3) is 0 Å². The van der Waals surface area contributed by atoms with E-state index >= 15 is 0 Å². The summed E-state index contributed by atoms with van der Waals surface area (Å²) in [5, 5.41) is 3.20. The lowest BCUT2D eigenvalue weighted by Crippen LogP contribution is -2.23. The van der Waals surface area contributed by atoms with Gasteiger partial charge in [0.2, 0.25) is 0 Å². The molecule has 3 heteroatoms. The predicted octanol–water partition coefficient (Wildman–Crippen LogP) is 3.09. The summed E-state index contributed by atoms with van der Waals surface area (Å²) in [7, 11) is 2.00. The van der Waals surface area contributed by atoms with E-state index in [1.54, 1.807) is 0 Å². The van der Waals surface area contributed by atoms with Crippen LogP contribution in [0.5, 0.6) is 0 Å². The van der Waals surface area contributed by atoms with Gasteiger partial charge >= 0.3 is 0 Å². The van der Waals surface area contributed by atoms with Crippen LogP contribution in [0.2, 0.25) is 0 Å². The minimum Gasteiger partial charge on any atom is -0.315 e. The molecule has 0 radical (unpaired) electrons. The third-order valence-electron chi connectivity index (χ3n) is 2.72. The summed E-state index contributed by atoms with van der Waals surface area (Å²) in [6.45, 7) is 8.99. The Morgan fingerprint density at radius 1 is 1.25 bits per heavy atom. The molecule has 0 saturated carbocycles. The van der Waals surface area contributed by atoms with Crippen molar-refractivity contribution in [3.8, 4) is 0 Å². The summed E-state index contributed by atoms with van der Waals surface area (Å²) in [5.41, 5.74) is 0. The van der Waals surface area contributed by atoms with Crippen molar-refractivity contribution in [2.75, 3.05) is 20.1 Å². The lowest BCUT2D eigenvalue weighted by molar-refractivity contribution is 0.278. The Morgan fingerprint density at radius 2 is 2.00 bits per heavy atom. The fourth-order valence-electron chi connectivity index (χ4n) is 1.73. The molecule has 92 valence electrons. The van der Waals surface area contributed by atoms with Gasteiger partial charge in [0.05, 0.1) is 0 Å². The molecule has 16 heavy (non-hydrogen) atoms. The number of hydrogen-bond acceptors (Lipinski definition) is 3. The molecule has 1 heterocycles. The first-order valence-electron chi connectivity index (χ1n) is 6.24. The molecular formula is C13H24N2S. The maximum Gasteiger partial charge on any atom is 0.0327 e. The van der Waals surface area contributed by atoms with E-state index in [0.717, 1.165) is 19.6 Å². The first-order valence-corrected chi connectivity index (χ1v) is 7.06. The molecule has 0 aliphatic heterocycles. The molecule has 1 N–H and O–H groups in total. The van der Waals surface area contributed by atoms with Gasteiger partial charge < -0.3 is 5.32 Å². The number of thiophene rings is 1. The fraction of sp³-hybridized carbons (Fsp3) is 0.692. The van der Waals surface area contributed by atoms with Crippen LogP contribution in [0, 0.1) is 0 Å². The number of hydrogen-bond donors (Lipinski definition) is 1. The molecule has 0 amide bonds. The molecule has 1 aromatic rings. The number of rotatable bonds is 8. The molecule has 0 saturated heterocycles. The Bertz CT molecular complexity index is 283. The van der Waals surface area contributed by atoms with E-state index in [2.05, 4.69) is 36.2 Å². The second kappa shape index (κ2) is 7.82. The van der Waals surface area contributed by atoms with Gasteiger partial charge in [-0.2, -0.15) is 0 Å². The summed E-state index contributed by atoms with van der Waals surface area (Å²) < 4.78 is 0. The van der Waals surface area contributed by atoms with E-state index in [4.69, 9.17) is 0 Å². The highest BCUT2D eigenvalue weighted by Gasteiger charge is 2.05. The molecular weight excluding hydrogens is 216 g/mol. The van der Waals surface area contributed by atoms with E-state index in [0.29, 0.717) is 0 Å². The average molecular weight is 240 g/mol. The molecule has 0 atom stereocenters. The van der Waals surface area contributed by atoms with Crippen molar-refractivity contribution in [2.24, 2.45) is 0 Å². The van der Waals surface area contributed by atoms with Gasteiger partial charge in [-0.25, -0.2) is 0 Å². The third-order valence-corrected chi connectivity index (χ3v) is 3.79. The fourth-order valence-corrected chi connectivity index (χ4v) is 2.80. The number of unbranched alkanes of at least 4 members (excludes halogenated alkanes) is 1. The Morgan fingerprint density at radius 3 is 2.62 bits per heavy atom.